The van der Waals surface area contributed by atoms with Crippen LogP contribution in [0.3, 0.4) is 0 Å². The normalized spacial score (nSPS) is 11.4. The summed E-state index contributed by atoms with van der Waals surface area (Å²) in [6.45, 7) is 1.76. The molecule has 0 aliphatic rings. The Balaban J connectivity index is 1.98. The molecule has 0 saturated heterocycles. The third kappa shape index (κ3) is 3.27. The van der Waals surface area contributed by atoms with Crippen molar-refractivity contribution in [1.29, 1.82) is 0 Å². The summed E-state index contributed by atoms with van der Waals surface area (Å²) >= 11 is 0. The highest BCUT2D eigenvalue weighted by molar-refractivity contribution is 7.90. The van der Waals surface area contributed by atoms with E-state index in [1.165, 1.54) is 6.26 Å². The van der Waals surface area contributed by atoms with Crippen molar-refractivity contribution in [3.05, 3.63) is 60.4 Å². The van der Waals surface area contributed by atoms with Gasteiger partial charge in [-0.05, 0) is 24.3 Å². The first kappa shape index (κ1) is 15.3. The molecule has 0 radical (unpaired) electrons. The largest absolute Gasteiger partial charge is 0.451 e. The molecule has 3 aromatic rings. The summed E-state index contributed by atoms with van der Waals surface area (Å²) in [4.78, 5) is 0.256. The van der Waals surface area contributed by atoms with Gasteiger partial charge in [-0.1, -0.05) is 35.5 Å². The number of aryl methyl sites for hydroxylation is 1. The Kier molecular flexibility index (Phi) is 3.92. The number of nitrogens with zero attached hydrogens (tertiary/aromatic N) is 1. The van der Waals surface area contributed by atoms with E-state index in [1.54, 1.807) is 31.2 Å². The quantitative estimate of drug-likeness (QED) is 0.727. The molecule has 0 atom stereocenters. The van der Waals surface area contributed by atoms with Gasteiger partial charge in [-0.25, -0.2) is 8.42 Å². The predicted octanol–water partition coefficient (Wildman–Crippen LogP) is 3.85. The fraction of sp³-hybridized carbons (Fsp3) is 0.118. The molecule has 1 heterocycles. The van der Waals surface area contributed by atoms with Crippen LogP contribution >= 0.6 is 0 Å². The van der Waals surface area contributed by atoms with Gasteiger partial charge in [0.15, 0.2) is 27.0 Å². The fourth-order valence-corrected chi connectivity index (χ4v) is 2.76. The molecule has 2 aromatic carbocycles. The Morgan fingerprint density at radius 3 is 2.26 bits per heavy atom. The van der Waals surface area contributed by atoms with E-state index < -0.39 is 9.84 Å². The molecular weight excluding hydrogens is 314 g/mol. The van der Waals surface area contributed by atoms with E-state index in [1.807, 2.05) is 30.3 Å². The maximum Gasteiger partial charge on any atom is 0.197 e. The standard InChI is InChI=1S/C17H15NO4S/c1-12-17(21-14-6-4-3-5-7-14)16(18-22-12)13-8-10-15(11-9-13)23(2,19)20/h3-11H,1-2H3. The van der Waals surface area contributed by atoms with Gasteiger partial charge >= 0.3 is 0 Å². The minimum atomic E-state index is -3.23. The van der Waals surface area contributed by atoms with Crippen LogP contribution in [0.5, 0.6) is 11.5 Å². The average Bonchev–Trinajstić information content (AvgIpc) is 2.89. The number of rotatable bonds is 4. The first-order valence-electron chi connectivity index (χ1n) is 6.95. The summed E-state index contributed by atoms with van der Waals surface area (Å²) < 4.78 is 34.2. The summed E-state index contributed by atoms with van der Waals surface area (Å²) in [6, 6.07) is 15.8. The minimum Gasteiger partial charge on any atom is -0.451 e. The zero-order chi connectivity index (χ0) is 16.4. The van der Waals surface area contributed by atoms with Crippen LogP contribution in [0, 0.1) is 6.92 Å². The zero-order valence-corrected chi connectivity index (χ0v) is 13.5. The van der Waals surface area contributed by atoms with Crippen molar-refractivity contribution < 1.29 is 17.7 Å². The number of hydrogen-bond donors (Lipinski definition) is 0. The summed E-state index contributed by atoms with van der Waals surface area (Å²) in [6.07, 6.45) is 1.17. The lowest BCUT2D eigenvalue weighted by Crippen LogP contribution is -1.96. The van der Waals surface area contributed by atoms with Crippen molar-refractivity contribution in [2.75, 3.05) is 6.26 Å². The van der Waals surface area contributed by atoms with Crippen molar-refractivity contribution in [2.24, 2.45) is 0 Å². The smallest absolute Gasteiger partial charge is 0.197 e. The first-order chi connectivity index (χ1) is 10.9. The molecule has 23 heavy (non-hydrogen) atoms. The zero-order valence-electron chi connectivity index (χ0n) is 12.7. The van der Waals surface area contributed by atoms with Crippen molar-refractivity contribution in [2.45, 2.75) is 11.8 Å². The molecule has 0 spiro atoms. The van der Waals surface area contributed by atoms with Crippen LogP contribution in [-0.2, 0) is 9.84 Å². The maximum atomic E-state index is 11.5. The van der Waals surface area contributed by atoms with Crippen LogP contribution in [0.25, 0.3) is 11.3 Å². The first-order valence-corrected chi connectivity index (χ1v) is 8.84. The highest BCUT2D eigenvalue weighted by Gasteiger charge is 2.18. The van der Waals surface area contributed by atoms with E-state index in [4.69, 9.17) is 9.26 Å². The molecule has 0 saturated carbocycles. The number of hydrogen-bond acceptors (Lipinski definition) is 5. The van der Waals surface area contributed by atoms with Gasteiger partial charge in [0.05, 0.1) is 4.90 Å². The topological polar surface area (TPSA) is 69.4 Å². The van der Waals surface area contributed by atoms with Gasteiger partial charge in [0, 0.05) is 18.7 Å². The van der Waals surface area contributed by atoms with Crippen LogP contribution in [0.4, 0.5) is 0 Å². The lowest BCUT2D eigenvalue weighted by molar-refractivity contribution is 0.387. The van der Waals surface area contributed by atoms with E-state index >= 15 is 0 Å². The number of ether oxygens (including phenoxy) is 1. The Labute approximate surface area is 134 Å². The highest BCUT2D eigenvalue weighted by atomic mass is 32.2. The lowest BCUT2D eigenvalue weighted by atomic mass is 10.1. The molecular formula is C17H15NO4S. The monoisotopic (exact) mass is 329 g/mol. The fourth-order valence-electron chi connectivity index (χ4n) is 2.13. The predicted molar refractivity (Wildman–Crippen MR) is 86.3 cm³/mol. The molecule has 0 N–H and O–H groups in total. The molecule has 0 bridgehead atoms. The van der Waals surface area contributed by atoms with Crippen molar-refractivity contribution >= 4 is 9.84 Å². The van der Waals surface area contributed by atoms with Crippen LogP contribution in [0.1, 0.15) is 5.76 Å². The van der Waals surface area contributed by atoms with Crippen LogP contribution in [0.15, 0.2) is 64.0 Å². The van der Waals surface area contributed by atoms with Gasteiger partial charge in [0.25, 0.3) is 0 Å². The van der Waals surface area contributed by atoms with Crippen molar-refractivity contribution in [3.8, 4) is 22.8 Å². The number of aromatic nitrogens is 1. The number of para-hydroxylation sites is 1. The Hall–Kier alpha value is -2.60. The second-order valence-electron chi connectivity index (χ2n) is 5.13. The number of benzene rings is 2. The summed E-state index contributed by atoms with van der Waals surface area (Å²) in [7, 11) is -3.23. The van der Waals surface area contributed by atoms with Crippen LogP contribution < -0.4 is 4.74 Å². The van der Waals surface area contributed by atoms with E-state index in [-0.39, 0.29) is 4.90 Å². The van der Waals surface area contributed by atoms with E-state index in [0.717, 1.165) is 5.56 Å². The third-order valence-electron chi connectivity index (χ3n) is 3.33. The molecule has 0 aliphatic carbocycles. The molecule has 6 heteroatoms. The molecule has 0 aliphatic heterocycles. The summed E-state index contributed by atoms with van der Waals surface area (Å²) in [5, 5.41) is 4.02. The van der Waals surface area contributed by atoms with E-state index in [9.17, 15) is 8.42 Å². The molecule has 0 fully saturated rings. The minimum absolute atomic E-state index is 0.256. The summed E-state index contributed by atoms with van der Waals surface area (Å²) in [5.74, 6) is 1.74. The molecule has 1 aromatic heterocycles. The van der Waals surface area contributed by atoms with Gasteiger partial charge < -0.3 is 9.26 Å². The molecule has 3 rings (SSSR count). The van der Waals surface area contributed by atoms with E-state index in [0.29, 0.717) is 23.0 Å². The average molecular weight is 329 g/mol. The highest BCUT2D eigenvalue weighted by Crippen LogP contribution is 2.35. The SMILES string of the molecule is Cc1onc(-c2ccc(S(C)(=O)=O)cc2)c1Oc1ccccc1. The van der Waals surface area contributed by atoms with Crippen molar-refractivity contribution in [1.82, 2.24) is 5.16 Å². The Bertz CT molecular complexity index is 913. The summed E-state index contributed by atoms with van der Waals surface area (Å²) in [5.41, 5.74) is 1.26. The second kappa shape index (κ2) is 5.89. The maximum absolute atomic E-state index is 11.5. The lowest BCUT2D eigenvalue weighted by Gasteiger charge is -2.06. The van der Waals surface area contributed by atoms with Crippen molar-refractivity contribution in [3.63, 3.8) is 0 Å². The third-order valence-corrected chi connectivity index (χ3v) is 4.46. The van der Waals surface area contributed by atoms with Gasteiger partial charge in [0.1, 0.15) is 5.75 Å². The van der Waals surface area contributed by atoms with Crippen LogP contribution in [-0.4, -0.2) is 19.8 Å². The van der Waals surface area contributed by atoms with Crippen LogP contribution in [0.2, 0.25) is 0 Å². The molecule has 0 unspecified atom stereocenters. The van der Waals surface area contributed by atoms with Gasteiger partial charge in [-0.3, -0.25) is 0 Å². The number of sulfone groups is 1. The Morgan fingerprint density at radius 2 is 1.65 bits per heavy atom. The second-order valence-corrected chi connectivity index (χ2v) is 7.14. The molecule has 118 valence electrons. The van der Waals surface area contributed by atoms with Gasteiger partial charge in [-0.15, -0.1) is 0 Å². The molecule has 5 nitrogen and oxygen atoms in total. The van der Waals surface area contributed by atoms with Gasteiger partial charge in [0.2, 0.25) is 0 Å². The molecule has 0 amide bonds. The van der Waals surface area contributed by atoms with Gasteiger partial charge in [-0.2, -0.15) is 0 Å². The Morgan fingerprint density at radius 1 is 1.00 bits per heavy atom. The van der Waals surface area contributed by atoms with E-state index in [2.05, 4.69) is 5.16 Å².